The lowest BCUT2D eigenvalue weighted by Gasteiger charge is -2.31. The van der Waals surface area contributed by atoms with Crippen LogP contribution in [-0.2, 0) is 19.6 Å². The maximum atomic E-state index is 13.0. The van der Waals surface area contributed by atoms with Crippen LogP contribution in [0.25, 0.3) is 0 Å². The number of sulfonamides is 1. The number of halogens is 3. The third-order valence-electron chi connectivity index (χ3n) is 5.54. The predicted molar refractivity (Wildman–Crippen MR) is 143 cm³/mol. The summed E-state index contributed by atoms with van der Waals surface area (Å²) >= 11 is 0. The lowest BCUT2D eigenvalue weighted by Crippen LogP contribution is -2.44. The topological polar surface area (TPSA) is 148 Å². The quantitative estimate of drug-likeness (QED) is 0.349. The molecule has 11 nitrogen and oxygen atoms in total. The second-order valence-corrected chi connectivity index (χ2v) is 10.4. The van der Waals surface area contributed by atoms with E-state index in [9.17, 15) is 31.2 Å². The van der Waals surface area contributed by atoms with Crippen molar-refractivity contribution in [1.82, 2.24) is 15.5 Å². The fraction of sp³-hybridized carbons (Fsp3) is 0.400. The number of carboxylic acids is 1. The highest BCUT2D eigenvalue weighted by Crippen LogP contribution is 2.30. The number of carboxylic acid groups (broad SMARTS) is 1. The SMILES string of the molecule is CCCNC(=O)CN(C)C(=O)c1ccc(N2CCNCC2)c(NS(=O)(=O)c2ccccc2)c1.O=C(O)C(F)(F)F. The molecule has 1 saturated heterocycles. The number of rotatable bonds is 9. The number of nitrogens with zero attached hydrogens (tertiary/aromatic N) is 2. The minimum atomic E-state index is -5.08. The minimum absolute atomic E-state index is 0.0799. The van der Waals surface area contributed by atoms with Crippen LogP contribution in [0.1, 0.15) is 23.7 Å². The average molecular weight is 588 g/mol. The molecule has 0 aromatic heterocycles. The third-order valence-corrected chi connectivity index (χ3v) is 6.92. The number of hydrogen-bond acceptors (Lipinski definition) is 7. The first kappa shape index (κ1) is 32.4. The van der Waals surface area contributed by atoms with Gasteiger partial charge in [-0.1, -0.05) is 25.1 Å². The summed E-state index contributed by atoms with van der Waals surface area (Å²) < 4.78 is 60.4. The van der Waals surface area contributed by atoms with Crippen molar-refractivity contribution in [3.8, 4) is 0 Å². The van der Waals surface area contributed by atoms with Gasteiger partial charge in [-0.25, -0.2) is 13.2 Å². The number of benzene rings is 2. The molecular formula is C25H32F3N5O6S. The normalized spacial score (nSPS) is 13.5. The Kier molecular flexibility index (Phi) is 11.7. The molecule has 1 aliphatic heterocycles. The van der Waals surface area contributed by atoms with E-state index in [0.717, 1.165) is 19.5 Å². The summed E-state index contributed by atoms with van der Waals surface area (Å²) in [7, 11) is -2.30. The van der Waals surface area contributed by atoms with E-state index >= 15 is 0 Å². The first-order valence-electron chi connectivity index (χ1n) is 12.3. The van der Waals surface area contributed by atoms with Crippen LogP contribution in [0.5, 0.6) is 0 Å². The van der Waals surface area contributed by atoms with Crippen molar-refractivity contribution in [2.24, 2.45) is 0 Å². The molecule has 40 heavy (non-hydrogen) atoms. The lowest BCUT2D eigenvalue weighted by molar-refractivity contribution is -0.192. The van der Waals surface area contributed by atoms with E-state index in [4.69, 9.17) is 9.90 Å². The van der Waals surface area contributed by atoms with Gasteiger partial charge >= 0.3 is 12.1 Å². The Labute approximate surface area is 230 Å². The Morgan fingerprint density at radius 3 is 2.23 bits per heavy atom. The number of amides is 2. The van der Waals surface area contributed by atoms with Gasteiger partial charge in [-0.05, 0) is 36.8 Å². The Balaban J connectivity index is 0.000000708. The Morgan fingerprint density at radius 2 is 1.68 bits per heavy atom. The highest BCUT2D eigenvalue weighted by Gasteiger charge is 2.38. The molecule has 2 aromatic rings. The number of piperazine rings is 1. The zero-order valence-electron chi connectivity index (χ0n) is 22.0. The van der Waals surface area contributed by atoms with Crippen molar-refractivity contribution in [3.63, 3.8) is 0 Å². The van der Waals surface area contributed by atoms with Crippen LogP contribution in [0, 0.1) is 0 Å². The molecule has 1 fully saturated rings. The number of anilines is 2. The van der Waals surface area contributed by atoms with Gasteiger partial charge in [0.05, 0.1) is 22.8 Å². The van der Waals surface area contributed by atoms with Gasteiger partial charge in [0.2, 0.25) is 5.91 Å². The molecule has 15 heteroatoms. The average Bonchev–Trinajstić information content (AvgIpc) is 2.92. The van der Waals surface area contributed by atoms with Crippen LogP contribution in [0.3, 0.4) is 0 Å². The lowest BCUT2D eigenvalue weighted by atomic mass is 10.1. The zero-order chi connectivity index (χ0) is 29.9. The van der Waals surface area contributed by atoms with Gasteiger partial charge < -0.3 is 25.5 Å². The van der Waals surface area contributed by atoms with Gasteiger partial charge in [-0.15, -0.1) is 0 Å². The van der Waals surface area contributed by atoms with Crippen LogP contribution >= 0.6 is 0 Å². The standard InChI is InChI=1S/C23H31N5O4S.C2HF3O2/c1-3-11-25-22(29)17-27(2)23(30)18-9-10-21(28-14-12-24-13-15-28)20(16-18)26-33(31,32)19-7-5-4-6-8-19;3-2(4,5)1(6)7/h4-10,16,24,26H,3,11-15,17H2,1-2H3,(H,25,29);(H,6,7). The summed E-state index contributed by atoms with van der Waals surface area (Å²) in [5.41, 5.74) is 1.33. The number of likely N-dealkylation sites (N-methyl/N-ethyl adjacent to an activating group) is 1. The minimum Gasteiger partial charge on any atom is -0.475 e. The Bertz CT molecular complexity index is 1270. The van der Waals surface area contributed by atoms with Crippen LogP contribution in [0.4, 0.5) is 24.5 Å². The summed E-state index contributed by atoms with van der Waals surface area (Å²) in [6.45, 7) is 5.40. The molecule has 0 saturated carbocycles. The van der Waals surface area contributed by atoms with E-state index in [0.29, 0.717) is 36.6 Å². The maximum Gasteiger partial charge on any atom is 0.490 e. The first-order valence-corrected chi connectivity index (χ1v) is 13.7. The molecule has 2 amide bonds. The number of hydrogen-bond donors (Lipinski definition) is 4. The molecule has 0 atom stereocenters. The van der Waals surface area contributed by atoms with Crippen LogP contribution in [0.15, 0.2) is 53.4 Å². The number of aliphatic carboxylic acids is 1. The monoisotopic (exact) mass is 587 g/mol. The highest BCUT2D eigenvalue weighted by atomic mass is 32.2. The predicted octanol–water partition coefficient (Wildman–Crippen LogP) is 2.13. The van der Waals surface area contributed by atoms with Crippen LogP contribution in [-0.4, -0.2) is 88.7 Å². The molecule has 0 radical (unpaired) electrons. The number of carbonyl (C=O) groups excluding carboxylic acids is 2. The molecule has 2 aromatic carbocycles. The molecule has 220 valence electrons. The third kappa shape index (κ3) is 9.72. The van der Waals surface area contributed by atoms with E-state index in [1.54, 1.807) is 43.4 Å². The zero-order valence-corrected chi connectivity index (χ0v) is 22.8. The first-order chi connectivity index (χ1) is 18.8. The summed E-state index contributed by atoms with van der Waals surface area (Å²) in [6, 6.07) is 13.1. The summed E-state index contributed by atoms with van der Waals surface area (Å²) in [5, 5.41) is 13.1. The summed E-state index contributed by atoms with van der Waals surface area (Å²) in [4.78, 5) is 37.4. The summed E-state index contributed by atoms with van der Waals surface area (Å²) in [5.74, 6) is -3.36. The molecule has 3 rings (SSSR count). The fourth-order valence-corrected chi connectivity index (χ4v) is 4.65. The van der Waals surface area contributed by atoms with Crippen molar-refractivity contribution < 1.29 is 41.1 Å². The molecule has 1 aliphatic rings. The van der Waals surface area contributed by atoms with Gasteiger partial charge in [0.15, 0.2) is 0 Å². The van der Waals surface area contributed by atoms with E-state index in [2.05, 4.69) is 20.3 Å². The Hall–Kier alpha value is -3.85. The van der Waals surface area contributed by atoms with Crippen molar-refractivity contribution in [2.75, 3.05) is 55.9 Å². The largest absolute Gasteiger partial charge is 0.490 e. The molecule has 4 N–H and O–H groups in total. The van der Waals surface area contributed by atoms with Crippen molar-refractivity contribution >= 4 is 39.2 Å². The number of alkyl halides is 3. The van der Waals surface area contributed by atoms with E-state index in [1.807, 2.05) is 6.92 Å². The van der Waals surface area contributed by atoms with E-state index in [-0.39, 0.29) is 23.3 Å². The maximum absolute atomic E-state index is 13.0. The van der Waals surface area contributed by atoms with Gasteiger partial charge in [0, 0.05) is 45.3 Å². The van der Waals surface area contributed by atoms with Crippen LogP contribution < -0.4 is 20.3 Å². The number of nitrogens with one attached hydrogen (secondary N) is 3. The second kappa shape index (κ2) is 14.5. The van der Waals surface area contributed by atoms with Crippen molar-refractivity contribution in [2.45, 2.75) is 24.4 Å². The molecule has 1 heterocycles. The summed E-state index contributed by atoms with van der Waals surface area (Å²) in [6.07, 6.45) is -4.28. The molecule has 0 unspecified atom stereocenters. The van der Waals surface area contributed by atoms with E-state index < -0.39 is 22.2 Å². The molecule has 0 bridgehead atoms. The molecule has 0 aliphatic carbocycles. The van der Waals surface area contributed by atoms with E-state index in [1.165, 1.54) is 17.0 Å². The van der Waals surface area contributed by atoms with Gasteiger partial charge in [-0.3, -0.25) is 14.3 Å². The molecular weight excluding hydrogens is 555 g/mol. The van der Waals surface area contributed by atoms with Gasteiger partial charge in [0.25, 0.3) is 15.9 Å². The van der Waals surface area contributed by atoms with Gasteiger partial charge in [-0.2, -0.15) is 13.2 Å². The van der Waals surface area contributed by atoms with Gasteiger partial charge in [0.1, 0.15) is 0 Å². The highest BCUT2D eigenvalue weighted by molar-refractivity contribution is 7.92. The van der Waals surface area contributed by atoms with Crippen molar-refractivity contribution in [1.29, 1.82) is 0 Å². The fourth-order valence-electron chi connectivity index (χ4n) is 3.56. The Morgan fingerprint density at radius 1 is 1.07 bits per heavy atom. The van der Waals surface area contributed by atoms with Crippen LogP contribution in [0.2, 0.25) is 0 Å². The number of carbonyl (C=O) groups is 3. The smallest absolute Gasteiger partial charge is 0.475 e. The molecule has 0 spiro atoms. The second-order valence-electron chi connectivity index (χ2n) is 8.70. The van der Waals surface area contributed by atoms with Crippen molar-refractivity contribution in [3.05, 3.63) is 54.1 Å².